The summed E-state index contributed by atoms with van der Waals surface area (Å²) in [4.78, 5) is 26.6. The molecule has 2 heterocycles. The molecule has 96 valence electrons. The van der Waals surface area contributed by atoms with Crippen LogP contribution in [0.15, 0.2) is 24.3 Å². The molecular formula is C12H5F2NO4. The number of alkyl halides is 2. The highest BCUT2D eigenvalue weighted by molar-refractivity contribution is 6.15. The number of carbonyl (C=O) groups is 2. The average Bonchev–Trinajstić information content (AvgIpc) is 2.61. The number of fused-ring (bicyclic) bond motifs is 2. The van der Waals surface area contributed by atoms with Crippen molar-refractivity contribution in [2.24, 2.45) is 0 Å². The van der Waals surface area contributed by atoms with Crippen molar-refractivity contribution in [2.45, 2.75) is 6.61 Å². The Morgan fingerprint density at radius 1 is 1.16 bits per heavy atom. The maximum absolute atomic E-state index is 12.1. The van der Waals surface area contributed by atoms with Gasteiger partial charge in [0, 0.05) is 5.39 Å². The summed E-state index contributed by atoms with van der Waals surface area (Å²) in [6, 6.07) is 5.40. The van der Waals surface area contributed by atoms with Crippen molar-refractivity contribution in [3.8, 4) is 5.75 Å². The van der Waals surface area contributed by atoms with Crippen LogP contribution in [0.2, 0.25) is 0 Å². The van der Waals surface area contributed by atoms with E-state index in [4.69, 9.17) is 0 Å². The number of hydrogen-bond donors (Lipinski definition) is 0. The number of aromatic nitrogens is 1. The van der Waals surface area contributed by atoms with E-state index in [-0.39, 0.29) is 17.0 Å². The van der Waals surface area contributed by atoms with E-state index in [1.54, 1.807) is 0 Å². The lowest BCUT2D eigenvalue weighted by Crippen LogP contribution is -2.02. The molecule has 0 saturated heterocycles. The highest BCUT2D eigenvalue weighted by Gasteiger charge is 2.31. The summed E-state index contributed by atoms with van der Waals surface area (Å²) in [6.07, 6.45) is 0. The second-order valence-corrected chi connectivity index (χ2v) is 3.79. The Bertz CT molecular complexity index is 714. The predicted molar refractivity (Wildman–Crippen MR) is 58.1 cm³/mol. The van der Waals surface area contributed by atoms with E-state index in [0.717, 1.165) is 0 Å². The Kier molecular flexibility index (Phi) is 2.41. The van der Waals surface area contributed by atoms with Gasteiger partial charge >= 0.3 is 18.6 Å². The van der Waals surface area contributed by atoms with Gasteiger partial charge in [-0.3, -0.25) is 0 Å². The molecule has 0 saturated carbocycles. The van der Waals surface area contributed by atoms with E-state index >= 15 is 0 Å². The number of esters is 2. The summed E-state index contributed by atoms with van der Waals surface area (Å²) >= 11 is 0. The van der Waals surface area contributed by atoms with Crippen LogP contribution in [0.3, 0.4) is 0 Å². The molecule has 7 heteroatoms. The summed E-state index contributed by atoms with van der Waals surface area (Å²) in [6.45, 7) is -2.94. The average molecular weight is 265 g/mol. The third-order valence-electron chi connectivity index (χ3n) is 2.61. The third-order valence-corrected chi connectivity index (χ3v) is 2.61. The maximum Gasteiger partial charge on any atom is 0.387 e. The quantitative estimate of drug-likeness (QED) is 0.614. The number of carbonyl (C=O) groups excluding carboxylic acids is 2. The van der Waals surface area contributed by atoms with E-state index in [1.165, 1.54) is 24.3 Å². The molecule has 1 aromatic carbocycles. The SMILES string of the molecule is O=C1OC(=O)c2nc3ccc(OC(F)F)cc3cc21. The molecule has 3 rings (SSSR count). The van der Waals surface area contributed by atoms with Crippen LogP contribution in [0.1, 0.15) is 20.8 Å². The Balaban J connectivity index is 2.15. The van der Waals surface area contributed by atoms with Gasteiger partial charge in [0.05, 0.1) is 11.1 Å². The molecule has 0 N–H and O–H groups in total. The second-order valence-electron chi connectivity index (χ2n) is 3.79. The number of hydrogen-bond acceptors (Lipinski definition) is 5. The number of benzene rings is 1. The molecule has 0 amide bonds. The molecule has 1 aliphatic heterocycles. The van der Waals surface area contributed by atoms with Crippen LogP contribution in [0, 0.1) is 0 Å². The largest absolute Gasteiger partial charge is 0.435 e. The topological polar surface area (TPSA) is 65.5 Å². The Labute approximate surface area is 104 Å². The lowest BCUT2D eigenvalue weighted by Gasteiger charge is -2.05. The molecule has 0 fully saturated rings. The first kappa shape index (κ1) is 11.5. The Hall–Kier alpha value is -2.57. The molecule has 0 spiro atoms. The number of halogens is 2. The zero-order valence-corrected chi connectivity index (χ0v) is 9.22. The first-order valence-electron chi connectivity index (χ1n) is 5.21. The van der Waals surface area contributed by atoms with Crippen LogP contribution in [0.25, 0.3) is 10.9 Å². The van der Waals surface area contributed by atoms with Gasteiger partial charge in [-0.25, -0.2) is 14.6 Å². The fourth-order valence-corrected chi connectivity index (χ4v) is 1.83. The number of cyclic esters (lactones) is 2. The molecule has 1 aliphatic rings. The maximum atomic E-state index is 12.1. The van der Waals surface area contributed by atoms with E-state index in [2.05, 4.69) is 14.5 Å². The lowest BCUT2D eigenvalue weighted by atomic mass is 10.1. The van der Waals surface area contributed by atoms with Crippen molar-refractivity contribution in [3.05, 3.63) is 35.5 Å². The van der Waals surface area contributed by atoms with Crippen LogP contribution in [-0.4, -0.2) is 23.5 Å². The molecule has 1 aromatic heterocycles. The molecule has 19 heavy (non-hydrogen) atoms. The minimum Gasteiger partial charge on any atom is -0.435 e. The van der Waals surface area contributed by atoms with Crippen LogP contribution in [0.4, 0.5) is 8.78 Å². The first-order chi connectivity index (χ1) is 9.04. The number of nitrogens with zero attached hydrogens (tertiary/aromatic N) is 1. The van der Waals surface area contributed by atoms with Gasteiger partial charge in [-0.1, -0.05) is 0 Å². The van der Waals surface area contributed by atoms with Gasteiger partial charge in [0.15, 0.2) is 5.69 Å². The highest BCUT2D eigenvalue weighted by atomic mass is 19.3. The molecule has 5 nitrogen and oxygen atoms in total. The Morgan fingerprint density at radius 2 is 1.95 bits per heavy atom. The van der Waals surface area contributed by atoms with Crippen molar-refractivity contribution in [2.75, 3.05) is 0 Å². The smallest absolute Gasteiger partial charge is 0.387 e. The summed E-state index contributed by atoms with van der Waals surface area (Å²) in [5.41, 5.74) is 0.332. The fraction of sp³-hybridized carbons (Fsp3) is 0.0833. The standard InChI is InChI=1S/C12H5F2NO4/c13-12(14)18-6-1-2-8-5(3-6)4-7-9(15-8)11(17)19-10(7)16/h1-4,12H. The molecular weight excluding hydrogens is 260 g/mol. The summed E-state index contributed by atoms with van der Waals surface area (Å²) in [7, 11) is 0. The van der Waals surface area contributed by atoms with E-state index in [1.807, 2.05) is 0 Å². The lowest BCUT2D eigenvalue weighted by molar-refractivity contribution is -0.0497. The van der Waals surface area contributed by atoms with Gasteiger partial charge in [0.2, 0.25) is 0 Å². The number of pyridine rings is 1. The fourth-order valence-electron chi connectivity index (χ4n) is 1.83. The van der Waals surface area contributed by atoms with Crippen molar-refractivity contribution in [1.29, 1.82) is 0 Å². The molecule has 2 aromatic rings. The normalized spacial score (nSPS) is 13.8. The van der Waals surface area contributed by atoms with Crippen molar-refractivity contribution >= 4 is 22.8 Å². The molecule has 0 aliphatic carbocycles. The van der Waals surface area contributed by atoms with E-state index < -0.39 is 18.6 Å². The van der Waals surface area contributed by atoms with E-state index in [0.29, 0.717) is 10.9 Å². The van der Waals surface area contributed by atoms with Gasteiger partial charge in [0.1, 0.15) is 5.75 Å². The van der Waals surface area contributed by atoms with Crippen molar-refractivity contribution in [3.63, 3.8) is 0 Å². The minimum atomic E-state index is -2.94. The summed E-state index contributed by atoms with van der Waals surface area (Å²) in [5.74, 6) is -1.66. The first-order valence-corrected chi connectivity index (χ1v) is 5.21. The van der Waals surface area contributed by atoms with Gasteiger partial charge in [-0.05, 0) is 24.3 Å². The van der Waals surface area contributed by atoms with Crippen LogP contribution in [0.5, 0.6) is 5.75 Å². The van der Waals surface area contributed by atoms with E-state index in [9.17, 15) is 18.4 Å². The minimum absolute atomic E-state index is 0.0201. The number of ether oxygens (including phenoxy) is 2. The molecule has 0 bridgehead atoms. The zero-order chi connectivity index (χ0) is 13.6. The zero-order valence-electron chi connectivity index (χ0n) is 9.22. The van der Waals surface area contributed by atoms with Gasteiger partial charge in [-0.15, -0.1) is 0 Å². The Morgan fingerprint density at radius 3 is 2.68 bits per heavy atom. The molecule has 0 radical (unpaired) electrons. The van der Waals surface area contributed by atoms with Gasteiger partial charge in [-0.2, -0.15) is 8.78 Å². The third kappa shape index (κ3) is 1.88. The van der Waals surface area contributed by atoms with Crippen LogP contribution < -0.4 is 4.74 Å². The summed E-state index contributed by atoms with van der Waals surface area (Å²) < 4.78 is 32.8. The molecule has 0 unspecified atom stereocenters. The monoisotopic (exact) mass is 265 g/mol. The van der Waals surface area contributed by atoms with Crippen molar-refractivity contribution in [1.82, 2.24) is 4.98 Å². The van der Waals surface area contributed by atoms with Gasteiger partial charge in [0.25, 0.3) is 0 Å². The summed E-state index contributed by atoms with van der Waals surface area (Å²) in [5, 5.41) is 0.406. The molecule has 0 atom stereocenters. The van der Waals surface area contributed by atoms with Gasteiger partial charge < -0.3 is 9.47 Å². The van der Waals surface area contributed by atoms with Crippen LogP contribution >= 0.6 is 0 Å². The predicted octanol–water partition coefficient (Wildman–Crippen LogP) is 2.15. The van der Waals surface area contributed by atoms with Crippen molar-refractivity contribution < 1.29 is 27.8 Å². The number of rotatable bonds is 2. The second kappa shape index (κ2) is 3.98. The van der Waals surface area contributed by atoms with Crippen LogP contribution in [-0.2, 0) is 4.74 Å². The highest BCUT2D eigenvalue weighted by Crippen LogP contribution is 2.26.